The van der Waals surface area contributed by atoms with Crippen LogP contribution in [0.2, 0.25) is 0 Å². The Labute approximate surface area is 107 Å². The summed E-state index contributed by atoms with van der Waals surface area (Å²) in [6.07, 6.45) is 2.40. The minimum atomic E-state index is -0.370. The first-order valence-corrected chi connectivity index (χ1v) is 6.31. The Bertz CT molecular complexity index is 397. The highest BCUT2D eigenvalue weighted by molar-refractivity contribution is 5.51. The quantitative estimate of drug-likeness (QED) is 0.609. The maximum atomic E-state index is 10.6. The van der Waals surface area contributed by atoms with Crippen LogP contribution in [0.3, 0.4) is 0 Å². The number of nitrogens with zero attached hydrogens (tertiary/aromatic N) is 2. The molecule has 0 radical (unpaired) electrons. The third-order valence-corrected chi connectivity index (χ3v) is 3.27. The van der Waals surface area contributed by atoms with Crippen molar-refractivity contribution in [3.63, 3.8) is 0 Å². The fourth-order valence-electron chi connectivity index (χ4n) is 2.30. The molecule has 0 bridgehead atoms. The lowest BCUT2D eigenvalue weighted by Gasteiger charge is -2.33. The zero-order valence-corrected chi connectivity index (χ0v) is 10.5. The van der Waals surface area contributed by atoms with Gasteiger partial charge in [0, 0.05) is 37.5 Å². The number of anilines is 1. The van der Waals surface area contributed by atoms with E-state index >= 15 is 0 Å². The van der Waals surface area contributed by atoms with E-state index in [1.807, 2.05) is 19.1 Å². The zero-order chi connectivity index (χ0) is 13.0. The minimum Gasteiger partial charge on any atom is -0.378 e. The molecule has 0 amide bonds. The summed E-state index contributed by atoms with van der Waals surface area (Å²) in [7, 11) is 0. The summed E-state index contributed by atoms with van der Waals surface area (Å²) in [5, 5.41) is 10.6. The molecule has 1 saturated heterocycles. The van der Waals surface area contributed by atoms with Gasteiger partial charge >= 0.3 is 0 Å². The molecule has 1 aliphatic heterocycles. The van der Waals surface area contributed by atoms with Crippen molar-refractivity contribution < 1.29 is 9.66 Å². The molecular formula is C13H18N2O3. The van der Waals surface area contributed by atoms with Gasteiger partial charge in [0.25, 0.3) is 5.69 Å². The van der Waals surface area contributed by atoms with Crippen LogP contribution in [0, 0.1) is 10.1 Å². The summed E-state index contributed by atoms with van der Waals surface area (Å²) in [5.74, 6) is 0. The highest BCUT2D eigenvalue weighted by Gasteiger charge is 2.19. The van der Waals surface area contributed by atoms with Gasteiger partial charge in [0.15, 0.2) is 0 Å². The number of hydrogen-bond acceptors (Lipinski definition) is 4. The minimum absolute atomic E-state index is 0.142. The number of nitro benzene ring substituents is 1. The predicted molar refractivity (Wildman–Crippen MR) is 70.0 cm³/mol. The molecule has 1 aliphatic rings. The third-order valence-electron chi connectivity index (χ3n) is 3.27. The first-order valence-electron chi connectivity index (χ1n) is 6.31. The van der Waals surface area contributed by atoms with Crippen LogP contribution < -0.4 is 4.90 Å². The SMILES string of the molecule is CCOC1CCN(c2ccc([N+](=O)[O-])cc2)CC1. The van der Waals surface area contributed by atoms with E-state index in [0.717, 1.165) is 38.2 Å². The number of benzene rings is 1. The van der Waals surface area contributed by atoms with Crippen LogP contribution >= 0.6 is 0 Å². The van der Waals surface area contributed by atoms with E-state index in [-0.39, 0.29) is 10.6 Å². The van der Waals surface area contributed by atoms with Gasteiger partial charge in [-0.2, -0.15) is 0 Å². The van der Waals surface area contributed by atoms with E-state index < -0.39 is 0 Å². The van der Waals surface area contributed by atoms with Crippen LogP contribution in [0.1, 0.15) is 19.8 Å². The van der Waals surface area contributed by atoms with Crippen LogP contribution in [0.4, 0.5) is 11.4 Å². The van der Waals surface area contributed by atoms with E-state index in [4.69, 9.17) is 4.74 Å². The van der Waals surface area contributed by atoms with E-state index in [1.54, 1.807) is 12.1 Å². The summed E-state index contributed by atoms with van der Waals surface area (Å²) in [6.45, 7) is 4.68. The lowest BCUT2D eigenvalue weighted by molar-refractivity contribution is -0.384. The fourth-order valence-corrected chi connectivity index (χ4v) is 2.30. The van der Waals surface area contributed by atoms with Crippen molar-refractivity contribution in [2.24, 2.45) is 0 Å². The maximum absolute atomic E-state index is 10.6. The molecule has 98 valence electrons. The lowest BCUT2D eigenvalue weighted by Crippen LogP contribution is -2.37. The maximum Gasteiger partial charge on any atom is 0.269 e. The molecule has 18 heavy (non-hydrogen) atoms. The summed E-state index contributed by atoms with van der Waals surface area (Å²) < 4.78 is 5.60. The second-order valence-electron chi connectivity index (χ2n) is 4.42. The van der Waals surface area contributed by atoms with Crippen LogP contribution in [0.5, 0.6) is 0 Å². The van der Waals surface area contributed by atoms with Crippen molar-refractivity contribution in [3.05, 3.63) is 34.4 Å². The highest BCUT2D eigenvalue weighted by atomic mass is 16.6. The second-order valence-corrected chi connectivity index (χ2v) is 4.42. The second kappa shape index (κ2) is 5.82. The van der Waals surface area contributed by atoms with Gasteiger partial charge < -0.3 is 9.64 Å². The molecule has 0 aliphatic carbocycles. The van der Waals surface area contributed by atoms with Crippen molar-refractivity contribution in [3.8, 4) is 0 Å². The first-order chi connectivity index (χ1) is 8.70. The average molecular weight is 250 g/mol. The van der Waals surface area contributed by atoms with E-state index in [1.165, 1.54) is 0 Å². The van der Waals surface area contributed by atoms with Crippen molar-refractivity contribution in [2.75, 3.05) is 24.6 Å². The molecule has 1 heterocycles. The zero-order valence-electron chi connectivity index (χ0n) is 10.5. The highest BCUT2D eigenvalue weighted by Crippen LogP contribution is 2.23. The van der Waals surface area contributed by atoms with Crippen LogP contribution in [0.25, 0.3) is 0 Å². The van der Waals surface area contributed by atoms with E-state index in [9.17, 15) is 10.1 Å². The first kappa shape index (κ1) is 12.8. The molecule has 0 aromatic heterocycles. The Morgan fingerprint density at radius 2 is 1.94 bits per heavy atom. The summed E-state index contributed by atoms with van der Waals surface area (Å²) in [4.78, 5) is 12.5. The molecule has 5 nitrogen and oxygen atoms in total. The lowest BCUT2D eigenvalue weighted by atomic mass is 10.1. The van der Waals surface area contributed by atoms with Crippen LogP contribution in [-0.2, 0) is 4.74 Å². The number of piperidine rings is 1. The standard InChI is InChI=1S/C13H18N2O3/c1-2-18-13-7-9-14(10-8-13)11-3-5-12(6-4-11)15(16)17/h3-6,13H,2,7-10H2,1H3. The smallest absolute Gasteiger partial charge is 0.269 e. The topological polar surface area (TPSA) is 55.6 Å². The molecule has 5 heteroatoms. The van der Waals surface area contributed by atoms with Gasteiger partial charge in [0.2, 0.25) is 0 Å². The molecule has 0 atom stereocenters. The van der Waals surface area contributed by atoms with Crippen LogP contribution in [0.15, 0.2) is 24.3 Å². The molecule has 1 fully saturated rings. The molecule has 2 rings (SSSR count). The molecule has 0 spiro atoms. The van der Waals surface area contributed by atoms with Gasteiger partial charge in [-0.3, -0.25) is 10.1 Å². The van der Waals surface area contributed by atoms with Crippen molar-refractivity contribution in [1.82, 2.24) is 0 Å². The Kier molecular flexibility index (Phi) is 4.15. The molecule has 1 aromatic rings. The number of nitro groups is 1. The Hall–Kier alpha value is -1.62. The summed E-state index contributed by atoms with van der Waals surface area (Å²) >= 11 is 0. The monoisotopic (exact) mass is 250 g/mol. The molecule has 0 unspecified atom stereocenters. The Morgan fingerprint density at radius 1 is 1.33 bits per heavy atom. The molecule has 1 aromatic carbocycles. The van der Waals surface area contributed by atoms with Gasteiger partial charge in [-0.15, -0.1) is 0 Å². The molecule has 0 N–H and O–H groups in total. The predicted octanol–water partition coefficient (Wildman–Crippen LogP) is 2.60. The van der Waals surface area contributed by atoms with Crippen molar-refractivity contribution in [2.45, 2.75) is 25.9 Å². The van der Waals surface area contributed by atoms with Gasteiger partial charge in [0.1, 0.15) is 0 Å². The van der Waals surface area contributed by atoms with Gasteiger partial charge in [-0.05, 0) is 31.9 Å². The normalized spacial score (nSPS) is 16.8. The number of rotatable bonds is 4. The van der Waals surface area contributed by atoms with Crippen molar-refractivity contribution in [1.29, 1.82) is 0 Å². The number of hydrogen-bond donors (Lipinski definition) is 0. The van der Waals surface area contributed by atoms with E-state index in [0.29, 0.717) is 6.10 Å². The molecule has 0 saturated carbocycles. The molecular weight excluding hydrogens is 232 g/mol. The summed E-state index contributed by atoms with van der Waals surface area (Å²) in [6, 6.07) is 6.76. The Morgan fingerprint density at radius 3 is 2.44 bits per heavy atom. The number of ether oxygens (including phenoxy) is 1. The Balaban J connectivity index is 1.95. The fraction of sp³-hybridized carbons (Fsp3) is 0.538. The van der Waals surface area contributed by atoms with E-state index in [2.05, 4.69) is 4.90 Å². The average Bonchev–Trinajstić information content (AvgIpc) is 2.40. The van der Waals surface area contributed by atoms with Gasteiger partial charge in [-0.25, -0.2) is 0 Å². The van der Waals surface area contributed by atoms with Gasteiger partial charge in [-0.1, -0.05) is 0 Å². The largest absolute Gasteiger partial charge is 0.378 e. The van der Waals surface area contributed by atoms with Gasteiger partial charge in [0.05, 0.1) is 11.0 Å². The summed E-state index contributed by atoms with van der Waals surface area (Å²) in [5.41, 5.74) is 1.19. The third kappa shape index (κ3) is 2.98. The van der Waals surface area contributed by atoms with Crippen LogP contribution in [-0.4, -0.2) is 30.7 Å². The van der Waals surface area contributed by atoms with Crippen molar-refractivity contribution >= 4 is 11.4 Å². The number of non-ortho nitro benzene ring substituents is 1.